The smallest absolute Gasteiger partial charge is 0.328 e. The van der Waals surface area contributed by atoms with E-state index in [9.17, 15) is 9.59 Å². The Bertz CT molecular complexity index is 518. The lowest BCUT2D eigenvalue weighted by Crippen LogP contribution is -2.14. The Morgan fingerprint density at radius 1 is 1.37 bits per heavy atom. The van der Waals surface area contributed by atoms with Crippen molar-refractivity contribution in [3.63, 3.8) is 0 Å². The van der Waals surface area contributed by atoms with Crippen molar-refractivity contribution in [3.8, 4) is 6.07 Å². The molecule has 6 heteroatoms. The number of anilines is 1. The van der Waals surface area contributed by atoms with Gasteiger partial charge in [0.2, 0.25) is 5.91 Å². The van der Waals surface area contributed by atoms with Gasteiger partial charge in [-0.2, -0.15) is 5.26 Å². The number of carbonyl (C=O) groups excluding carboxylic acids is 1. The fourth-order valence-electron chi connectivity index (χ4n) is 1.23. The van der Waals surface area contributed by atoms with E-state index in [2.05, 4.69) is 5.32 Å². The van der Waals surface area contributed by atoms with Crippen LogP contribution in [-0.2, 0) is 9.59 Å². The molecule has 0 radical (unpaired) electrons. The van der Waals surface area contributed by atoms with Gasteiger partial charge in [-0.05, 0) is 23.8 Å². The van der Waals surface area contributed by atoms with Crippen molar-refractivity contribution in [2.45, 2.75) is 0 Å². The quantitative estimate of drug-likeness (QED) is 0.612. The number of nitrogens with zero attached hydrogens (tertiary/aromatic N) is 1. The number of carbonyl (C=O) groups is 2. The second-order valence-corrected chi connectivity index (χ2v) is 4.48. The minimum Gasteiger partial charge on any atom is -0.478 e. The van der Waals surface area contributed by atoms with E-state index in [-0.39, 0.29) is 17.4 Å². The first-order valence-corrected chi connectivity index (χ1v) is 6.53. The van der Waals surface area contributed by atoms with E-state index in [1.807, 2.05) is 6.07 Å². The molecule has 0 aliphatic heterocycles. The summed E-state index contributed by atoms with van der Waals surface area (Å²) in [4.78, 5) is 21.8. The zero-order valence-corrected chi connectivity index (χ0v) is 10.8. The zero-order valence-electron chi connectivity index (χ0n) is 10.00. The molecule has 0 aliphatic carbocycles. The molecule has 0 bridgehead atoms. The van der Waals surface area contributed by atoms with Gasteiger partial charge >= 0.3 is 5.97 Å². The number of rotatable bonds is 6. The van der Waals surface area contributed by atoms with Gasteiger partial charge in [-0.25, -0.2) is 4.79 Å². The Labute approximate surface area is 114 Å². The molecule has 5 nitrogen and oxygen atoms in total. The number of hydrogen-bond acceptors (Lipinski definition) is 4. The number of aliphatic carboxylic acids is 1. The molecule has 0 spiro atoms. The lowest BCUT2D eigenvalue weighted by Gasteiger charge is -2.04. The summed E-state index contributed by atoms with van der Waals surface area (Å²) in [7, 11) is 0. The molecule has 1 amide bonds. The monoisotopic (exact) mass is 276 g/mol. The molecule has 98 valence electrons. The Balaban J connectivity index is 2.50. The molecule has 0 atom stereocenters. The van der Waals surface area contributed by atoms with Gasteiger partial charge in [0.25, 0.3) is 0 Å². The van der Waals surface area contributed by atoms with E-state index in [0.29, 0.717) is 5.69 Å². The summed E-state index contributed by atoms with van der Waals surface area (Å²) < 4.78 is 0. The molecule has 0 aliphatic rings. The lowest BCUT2D eigenvalue weighted by atomic mass is 10.2. The number of thioether (sulfide) groups is 1. The van der Waals surface area contributed by atoms with Crippen LogP contribution in [0.1, 0.15) is 5.56 Å². The van der Waals surface area contributed by atoms with Crippen molar-refractivity contribution in [2.75, 3.05) is 16.8 Å². The summed E-state index contributed by atoms with van der Waals surface area (Å²) in [6, 6.07) is 8.73. The minimum absolute atomic E-state index is 0.172. The highest BCUT2D eigenvalue weighted by Gasteiger charge is 2.01. The van der Waals surface area contributed by atoms with E-state index in [1.54, 1.807) is 24.3 Å². The van der Waals surface area contributed by atoms with Gasteiger partial charge in [-0.1, -0.05) is 12.1 Å². The number of benzene rings is 1. The first-order chi connectivity index (χ1) is 9.11. The van der Waals surface area contributed by atoms with Crippen LogP contribution < -0.4 is 5.32 Å². The van der Waals surface area contributed by atoms with E-state index in [1.165, 1.54) is 17.8 Å². The Kier molecular flexibility index (Phi) is 6.19. The van der Waals surface area contributed by atoms with Gasteiger partial charge in [-0.3, -0.25) is 4.79 Å². The van der Waals surface area contributed by atoms with E-state index in [0.717, 1.165) is 11.6 Å². The molecule has 2 N–H and O–H groups in total. The third-order valence-corrected chi connectivity index (χ3v) is 2.81. The van der Waals surface area contributed by atoms with E-state index < -0.39 is 5.97 Å². The molecule has 0 saturated heterocycles. The van der Waals surface area contributed by atoms with Crippen molar-refractivity contribution in [1.82, 2.24) is 0 Å². The third kappa shape index (κ3) is 6.29. The fourth-order valence-corrected chi connectivity index (χ4v) is 1.68. The van der Waals surface area contributed by atoms with E-state index in [4.69, 9.17) is 10.4 Å². The highest BCUT2D eigenvalue weighted by Crippen LogP contribution is 2.11. The lowest BCUT2D eigenvalue weighted by molar-refractivity contribution is -0.131. The minimum atomic E-state index is -1.01. The second-order valence-electron chi connectivity index (χ2n) is 3.49. The number of amides is 1. The first kappa shape index (κ1) is 14.8. The van der Waals surface area contributed by atoms with Gasteiger partial charge in [-0.15, -0.1) is 11.8 Å². The van der Waals surface area contributed by atoms with Gasteiger partial charge in [0.15, 0.2) is 0 Å². The molecular weight excluding hydrogens is 264 g/mol. The number of nitriles is 1. The molecule has 0 saturated carbocycles. The highest BCUT2D eigenvalue weighted by molar-refractivity contribution is 8.00. The third-order valence-electron chi connectivity index (χ3n) is 2.01. The molecule has 0 fully saturated rings. The largest absolute Gasteiger partial charge is 0.478 e. The topological polar surface area (TPSA) is 90.2 Å². The maximum absolute atomic E-state index is 11.5. The summed E-state index contributed by atoms with van der Waals surface area (Å²) in [5.41, 5.74) is 1.37. The average molecular weight is 276 g/mol. The van der Waals surface area contributed by atoms with Gasteiger partial charge < -0.3 is 10.4 Å². The standard InChI is InChI=1S/C13H12N2O3S/c14-7-8-19-9-12(16)15-11-4-1-10(2-5-11)3-6-13(17)18/h1-6H,8-9H2,(H,15,16)(H,17,18)/b6-3+. The van der Waals surface area contributed by atoms with Crippen LogP contribution in [0.5, 0.6) is 0 Å². The number of nitrogens with one attached hydrogen (secondary N) is 1. The van der Waals surface area contributed by atoms with Crippen molar-refractivity contribution in [1.29, 1.82) is 5.26 Å². The van der Waals surface area contributed by atoms with E-state index >= 15 is 0 Å². The van der Waals surface area contributed by atoms with Crippen LogP contribution in [0.3, 0.4) is 0 Å². The molecule has 1 aromatic rings. The summed E-state index contributed by atoms with van der Waals surface area (Å²) in [6.45, 7) is 0. The predicted octanol–water partition coefficient (Wildman–Crippen LogP) is 1.98. The van der Waals surface area contributed by atoms with Gasteiger partial charge in [0.1, 0.15) is 0 Å². The second kappa shape index (κ2) is 7.95. The fraction of sp³-hybridized carbons (Fsp3) is 0.154. The summed E-state index contributed by atoms with van der Waals surface area (Å²) in [5.74, 6) is -0.665. The molecule has 0 heterocycles. The van der Waals surface area contributed by atoms with Crippen LogP contribution >= 0.6 is 11.8 Å². The zero-order chi connectivity index (χ0) is 14.1. The van der Waals surface area contributed by atoms with Gasteiger partial charge in [0.05, 0.1) is 17.6 Å². The van der Waals surface area contributed by atoms with Crippen molar-refractivity contribution >= 4 is 35.4 Å². The Morgan fingerprint density at radius 2 is 2.05 bits per heavy atom. The molecule has 1 rings (SSSR count). The van der Waals surface area contributed by atoms with Crippen molar-refractivity contribution in [2.24, 2.45) is 0 Å². The molecule has 0 unspecified atom stereocenters. The van der Waals surface area contributed by atoms with Crippen molar-refractivity contribution < 1.29 is 14.7 Å². The molecule has 0 aromatic heterocycles. The Morgan fingerprint density at radius 3 is 2.63 bits per heavy atom. The van der Waals surface area contributed by atoms with Crippen LogP contribution in [0.2, 0.25) is 0 Å². The van der Waals surface area contributed by atoms with Crippen LogP contribution in [-0.4, -0.2) is 28.5 Å². The number of carboxylic acids is 1. The van der Waals surface area contributed by atoms with Crippen LogP contribution in [0.4, 0.5) is 5.69 Å². The summed E-state index contributed by atoms with van der Waals surface area (Å²) in [6.07, 6.45) is 2.52. The Hall–Kier alpha value is -2.26. The number of carboxylic acid groups (broad SMARTS) is 1. The molecular formula is C13H12N2O3S. The summed E-state index contributed by atoms with van der Waals surface area (Å²) in [5, 5.41) is 19.5. The maximum Gasteiger partial charge on any atom is 0.328 e. The van der Waals surface area contributed by atoms with Crippen LogP contribution in [0.15, 0.2) is 30.3 Å². The van der Waals surface area contributed by atoms with Crippen molar-refractivity contribution in [3.05, 3.63) is 35.9 Å². The molecule has 19 heavy (non-hydrogen) atoms. The highest BCUT2D eigenvalue weighted by atomic mass is 32.2. The molecule has 1 aromatic carbocycles. The summed E-state index contributed by atoms with van der Waals surface area (Å²) >= 11 is 1.25. The number of hydrogen-bond donors (Lipinski definition) is 2. The predicted molar refractivity (Wildman–Crippen MR) is 74.7 cm³/mol. The normalized spacial score (nSPS) is 10.1. The average Bonchev–Trinajstić information content (AvgIpc) is 2.38. The van der Waals surface area contributed by atoms with Crippen LogP contribution in [0.25, 0.3) is 6.08 Å². The SMILES string of the molecule is N#CCSCC(=O)Nc1ccc(/C=C/C(=O)O)cc1. The van der Waals surface area contributed by atoms with Crippen LogP contribution in [0, 0.1) is 11.3 Å². The first-order valence-electron chi connectivity index (χ1n) is 5.37. The van der Waals surface area contributed by atoms with Gasteiger partial charge in [0, 0.05) is 11.8 Å². The maximum atomic E-state index is 11.5.